The van der Waals surface area contributed by atoms with Gasteiger partial charge in [0.15, 0.2) is 0 Å². The van der Waals surface area contributed by atoms with E-state index in [1.807, 2.05) is 36.4 Å². The summed E-state index contributed by atoms with van der Waals surface area (Å²) >= 11 is 3.33. The van der Waals surface area contributed by atoms with Crippen LogP contribution in [0.4, 0.5) is 4.79 Å². The number of nitrogens with zero attached hydrogens (tertiary/aromatic N) is 1. The van der Waals surface area contributed by atoms with Gasteiger partial charge in [0.05, 0.1) is 11.6 Å². The summed E-state index contributed by atoms with van der Waals surface area (Å²) in [4.78, 5) is 11.6. The lowest BCUT2D eigenvalue weighted by Gasteiger charge is -2.08. The summed E-state index contributed by atoms with van der Waals surface area (Å²) in [5, 5.41) is 11.5. The van der Waals surface area contributed by atoms with Gasteiger partial charge in [0.1, 0.15) is 6.61 Å². The van der Waals surface area contributed by atoms with Crippen LogP contribution >= 0.6 is 15.9 Å². The summed E-state index contributed by atoms with van der Waals surface area (Å²) in [5.74, 6) is 0. The molecular formula is C16H13BrN2O2. The van der Waals surface area contributed by atoms with E-state index in [4.69, 9.17) is 10.00 Å². The third-order valence-electron chi connectivity index (χ3n) is 2.74. The number of nitriles is 1. The van der Waals surface area contributed by atoms with Crippen LogP contribution in [0.3, 0.4) is 0 Å². The van der Waals surface area contributed by atoms with Crippen LogP contribution in [0.5, 0.6) is 0 Å². The summed E-state index contributed by atoms with van der Waals surface area (Å²) < 4.78 is 5.91. The molecule has 0 atom stereocenters. The largest absolute Gasteiger partial charge is 0.445 e. The van der Waals surface area contributed by atoms with Crippen molar-refractivity contribution in [2.24, 2.45) is 0 Å². The zero-order valence-corrected chi connectivity index (χ0v) is 12.8. The van der Waals surface area contributed by atoms with Crippen molar-refractivity contribution >= 4 is 22.0 Å². The zero-order valence-electron chi connectivity index (χ0n) is 11.2. The molecule has 106 valence electrons. The molecule has 2 rings (SSSR count). The van der Waals surface area contributed by atoms with E-state index in [0.717, 1.165) is 15.6 Å². The number of benzene rings is 2. The van der Waals surface area contributed by atoms with Gasteiger partial charge in [-0.15, -0.1) is 0 Å². The highest BCUT2D eigenvalue weighted by atomic mass is 79.9. The first kappa shape index (κ1) is 15.1. The van der Waals surface area contributed by atoms with Crippen molar-refractivity contribution in [1.82, 2.24) is 5.32 Å². The van der Waals surface area contributed by atoms with E-state index >= 15 is 0 Å². The first-order valence-electron chi connectivity index (χ1n) is 6.31. The van der Waals surface area contributed by atoms with Crippen LogP contribution in [-0.4, -0.2) is 6.09 Å². The molecule has 5 heteroatoms. The summed E-state index contributed by atoms with van der Waals surface area (Å²) in [7, 11) is 0. The quantitative estimate of drug-likeness (QED) is 0.918. The van der Waals surface area contributed by atoms with E-state index in [1.165, 1.54) is 0 Å². The Morgan fingerprint density at radius 1 is 1.19 bits per heavy atom. The highest BCUT2D eigenvalue weighted by Crippen LogP contribution is 2.15. The molecule has 0 aliphatic heterocycles. The second kappa shape index (κ2) is 7.46. The molecular weight excluding hydrogens is 332 g/mol. The molecule has 0 fully saturated rings. The van der Waals surface area contributed by atoms with Crippen molar-refractivity contribution in [3.05, 3.63) is 69.7 Å². The van der Waals surface area contributed by atoms with Crippen LogP contribution < -0.4 is 5.32 Å². The third-order valence-corrected chi connectivity index (χ3v) is 3.19. The summed E-state index contributed by atoms with van der Waals surface area (Å²) in [5.41, 5.74) is 2.30. The molecule has 1 amide bonds. The number of carbonyl (C=O) groups is 1. The Morgan fingerprint density at radius 3 is 2.67 bits per heavy atom. The Bertz CT molecular complexity index is 666. The molecule has 1 N–H and O–H groups in total. The molecule has 0 aliphatic rings. The highest BCUT2D eigenvalue weighted by molar-refractivity contribution is 9.10. The number of hydrogen-bond donors (Lipinski definition) is 1. The van der Waals surface area contributed by atoms with Crippen LogP contribution in [0.15, 0.2) is 53.0 Å². The van der Waals surface area contributed by atoms with Gasteiger partial charge in [-0.05, 0) is 29.3 Å². The minimum Gasteiger partial charge on any atom is -0.445 e. The lowest BCUT2D eigenvalue weighted by atomic mass is 10.1. The van der Waals surface area contributed by atoms with Crippen LogP contribution in [0.2, 0.25) is 0 Å². The number of alkyl carbamates (subject to hydrolysis) is 1. The van der Waals surface area contributed by atoms with Gasteiger partial charge >= 0.3 is 6.09 Å². The van der Waals surface area contributed by atoms with Crippen LogP contribution in [0.1, 0.15) is 16.7 Å². The molecule has 2 aromatic rings. The number of nitrogens with one attached hydrogen (secondary N) is 1. The smallest absolute Gasteiger partial charge is 0.407 e. The SMILES string of the molecule is N#Cc1cc(Br)cc(CNC(=O)OCc2ccccc2)c1. The molecule has 0 saturated carbocycles. The molecule has 2 aromatic carbocycles. The first-order valence-corrected chi connectivity index (χ1v) is 7.11. The monoisotopic (exact) mass is 344 g/mol. The standard InChI is InChI=1S/C16H13BrN2O2/c17-15-7-13(9-18)6-14(8-15)10-19-16(20)21-11-12-4-2-1-3-5-12/h1-8H,10-11H2,(H,19,20). The maximum absolute atomic E-state index is 11.6. The predicted molar refractivity (Wildman–Crippen MR) is 82.3 cm³/mol. The molecule has 0 bridgehead atoms. The minimum absolute atomic E-state index is 0.231. The van der Waals surface area contributed by atoms with Gasteiger partial charge in [0, 0.05) is 11.0 Å². The Morgan fingerprint density at radius 2 is 1.95 bits per heavy atom. The molecule has 21 heavy (non-hydrogen) atoms. The Hall–Kier alpha value is -2.32. The predicted octanol–water partition coefficient (Wildman–Crippen LogP) is 3.75. The van der Waals surface area contributed by atoms with Crippen molar-refractivity contribution in [1.29, 1.82) is 5.26 Å². The summed E-state index contributed by atoms with van der Waals surface area (Å²) in [6.07, 6.45) is -0.489. The van der Waals surface area contributed by atoms with Gasteiger partial charge in [0.2, 0.25) is 0 Å². The molecule has 0 unspecified atom stereocenters. The van der Waals surface area contributed by atoms with Crippen molar-refractivity contribution < 1.29 is 9.53 Å². The first-order chi connectivity index (χ1) is 10.2. The number of carbonyl (C=O) groups excluding carboxylic acids is 1. The van der Waals surface area contributed by atoms with Gasteiger partial charge < -0.3 is 10.1 Å². The fourth-order valence-corrected chi connectivity index (χ4v) is 2.31. The van der Waals surface area contributed by atoms with Gasteiger partial charge in [0.25, 0.3) is 0 Å². The Labute approximate surface area is 131 Å². The molecule has 0 spiro atoms. The van der Waals surface area contributed by atoms with E-state index < -0.39 is 6.09 Å². The minimum atomic E-state index is -0.489. The van der Waals surface area contributed by atoms with Crippen LogP contribution in [0.25, 0.3) is 0 Å². The lowest BCUT2D eigenvalue weighted by Crippen LogP contribution is -2.23. The molecule has 0 heterocycles. The van der Waals surface area contributed by atoms with E-state index in [-0.39, 0.29) is 6.61 Å². The second-order valence-electron chi connectivity index (χ2n) is 4.38. The molecule has 0 aliphatic carbocycles. The Kier molecular flexibility index (Phi) is 5.35. The van der Waals surface area contributed by atoms with Crippen molar-refractivity contribution in [2.45, 2.75) is 13.2 Å². The highest BCUT2D eigenvalue weighted by Gasteiger charge is 2.04. The van der Waals surface area contributed by atoms with E-state index in [9.17, 15) is 4.79 Å². The third kappa shape index (κ3) is 4.93. The number of halogens is 1. The average molecular weight is 345 g/mol. The van der Waals surface area contributed by atoms with Gasteiger partial charge in [-0.3, -0.25) is 0 Å². The molecule has 0 saturated heterocycles. The summed E-state index contributed by atoms with van der Waals surface area (Å²) in [6.45, 7) is 0.538. The lowest BCUT2D eigenvalue weighted by molar-refractivity contribution is 0.139. The van der Waals surface area contributed by atoms with Gasteiger partial charge in [-0.2, -0.15) is 5.26 Å². The van der Waals surface area contributed by atoms with E-state index in [2.05, 4.69) is 27.3 Å². The number of amides is 1. The van der Waals surface area contributed by atoms with Gasteiger partial charge in [-0.25, -0.2) is 4.79 Å². The number of rotatable bonds is 4. The maximum Gasteiger partial charge on any atom is 0.407 e. The zero-order chi connectivity index (χ0) is 15.1. The van der Waals surface area contributed by atoms with Crippen LogP contribution in [0, 0.1) is 11.3 Å². The van der Waals surface area contributed by atoms with Crippen molar-refractivity contribution in [2.75, 3.05) is 0 Å². The normalized spacial score (nSPS) is 9.71. The van der Waals surface area contributed by atoms with Crippen molar-refractivity contribution in [3.8, 4) is 6.07 Å². The molecule has 0 aromatic heterocycles. The number of hydrogen-bond acceptors (Lipinski definition) is 3. The second-order valence-corrected chi connectivity index (χ2v) is 5.29. The summed E-state index contributed by atoms with van der Waals surface area (Å²) in [6, 6.07) is 16.8. The van der Waals surface area contributed by atoms with Gasteiger partial charge in [-0.1, -0.05) is 46.3 Å². The fourth-order valence-electron chi connectivity index (χ4n) is 1.77. The molecule has 4 nitrogen and oxygen atoms in total. The topological polar surface area (TPSA) is 62.1 Å². The van der Waals surface area contributed by atoms with Crippen molar-refractivity contribution in [3.63, 3.8) is 0 Å². The fraction of sp³-hybridized carbons (Fsp3) is 0.125. The van der Waals surface area contributed by atoms with E-state index in [1.54, 1.807) is 12.1 Å². The average Bonchev–Trinajstić information content (AvgIpc) is 2.51. The van der Waals surface area contributed by atoms with E-state index in [0.29, 0.717) is 12.1 Å². The number of ether oxygens (including phenoxy) is 1. The van der Waals surface area contributed by atoms with Crippen LogP contribution in [-0.2, 0) is 17.9 Å². The molecule has 0 radical (unpaired) electrons. The Balaban J connectivity index is 1.84. The maximum atomic E-state index is 11.6.